The molecular formula is C5H9Cl3CoOSi-2. The third-order valence-corrected chi connectivity index (χ3v) is 3.08. The Kier molecular flexibility index (Phi) is 22.5. The maximum absolute atomic E-state index is 7.94. The zero-order chi connectivity index (χ0) is 9.91. The first-order valence-corrected chi connectivity index (χ1v) is 8.13. The molecule has 0 aromatic rings. The van der Waals surface area contributed by atoms with Gasteiger partial charge in [-0.25, -0.2) is 0 Å². The van der Waals surface area contributed by atoms with Crippen molar-refractivity contribution < 1.29 is 19.5 Å². The van der Waals surface area contributed by atoms with Crippen molar-refractivity contribution in [3.8, 4) is 0 Å². The minimum atomic E-state index is -2.30. The SMILES string of the molecule is [CH-]=C.[CH2-]CC[Si](Cl)(Cl)Cl.[O]=[Co]. The quantitative estimate of drug-likeness (QED) is 0.430. The van der Waals surface area contributed by atoms with Crippen LogP contribution < -0.4 is 0 Å². The second kappa shape index (κ2) is 13.7. The van der Waals surface area contributed by atoms with Gasteiger partial charge in [-0.15, -0.1) is 33.2 Å². The van der Waals surface area contributed by atoms with E-state index in [9.17, 15) is 0 Å². The first-order chi connectivity index (χ1) is 5.06. The molecule has 0 atom stereocenters. The monoisotopic (exact) mass is 277 g/mol. The second-order valence-electron chi connectivity index (χ2n) is 1.22. The van der Waals surface area contributed by atoms with Gasteiger partial charge in [-0.1, -0.05) is 0 Å². The van der Waals surface area contributed by atoms with E-state index in [-0.39, 0.29) is 0 Å². The van der Waals surface area contributed by atoms with Crippen LogP contribution in [0, 0.1) is 13.5 Å². The van der Waals surface area contributed by atoms with E-state index in [0.29, 0.717) is 6.04 Å². The maximum atomic E-state index is 7.94. The summed E-state index contributed by atoms with van der Waals surface area (Å²) in [5, 5.41) is 0. The molecule has 0 radical (unpaired) electrons. The molecule has 6 heteroatoms. The summed E-state index contributed by atoms with van der Waals surface area (Å²) >= 11 is 18.7. The summed E-state index contributed by atoms with van der Waals surface area (Å²) < 4.78 is 7.94. The molecule has 0 spiro atoms. The van der Waals surface area contributed by atoms with Crippen LogP contribution in [0.25, 0.3) is 0 Å². The van der Waals surface area contributed by atoms with Crippen LogP contribution >= 0.6 is 33.2 Å². The van der Waals surface area contributed by atoms with Crippen LogP contribution in [0.2, 0.25) is 6.04 Å². The van der Waals surface area contributed by atoms with Crippen molar-refractivity contribution in [1.29, 1.82) is 0 Å². The van der Waals surface area contributed by atoms with Gasteiger partial charge in [0, 0.05) is 0 Å². The fraction of sp³-hybridized carbons (Fsp3) is 0.400. The molecule has 0 rings (SSSR count). The number of halogens is 3. The normalized spacial score (nSPS) is 8.45. The predicted molar refractivity (Wildman–Crippen MR) is 48.7 cm³/mol. The Bertz CT molecular complexity index is 76.6. The first kappa shape index (κ1) is 18.0. The molecule has 11 heavy (non-hydrogen) atoms. The van der Waals surface area contributed by atoms with Crippen LogP contribution in [-0.2, 0) is 19.5 Å². The summed E-state index contributed by atoms with van der Waals surface area (Å²) in [6.45, 7) is 10.6. The van der Waals surface area contributed by atoms with E-state index >= 15 is 0 Å². The average molecular weight is 279 g/mol. The predicted octanol–water partition coefficient (Wildman–Crippen LogP) is 3.35. The van der Waals surface area contributed by atoms with Gasteiger partial charge in [-0.2, -0.15) is 6.42 Å². The van der Waals surface area contributed by atoms with Gasteiger partial charge in [0.25, 0.3) is 0 Å². The zero-order valence-electron chi connectivity index (χ0n) is 5.78. The standard InChI is InChI=1S/C3H6Cl3Si.C2H3.Co.O/c1-2-3-7(4,5)6;1-2;;/h1-3H2;1H,2H2;;/q2*-1;;. The Morgan fingerprint density at radius 1 is 1.36 bits per heavy atom. The summed E-state index contributed by atoms with van der Waals surface area (Å²) in [5.41, 5.74) is 0. The molecule has 1 nitrogen and oxygen atoms in total. The van der Waals surface area contributed by atoms with Gasteiger partial charge in [0.1, 0.15) is 0 Å². The topological polar surface area (TPSA) is 17.1 Å². The van der Waals surface area contributed by atoms with Crippen molar-refractivity contribution in [2.24, 2.45) is 0 Å². The number of hydrogen-bond acceptors (Lipinski definition) is 1. The molecule has 0 aliphatic carbocycles. The molecule has 0 fully saturated rings. The van der Waals surface area contributed by atoms with E-state index in [2.05, 4.69) is 35.7 Å². The molecule has 0 saturated heterocycles. The first-order valence-electron chi connectivity index (χ1n) is 2.46. The molecular weight excluding hydrogens is 269 g/mol. The van der Waals surface area contributed by atoms with Gasteiger partial charge >= 0.3 is 25.5 Å². The molecule has 0 bridgehead atoms. The van der Waals surface area contributed by atoms with E-state index in [4.69, 9.17) is 37.1 Å². The second-order valence-corrected chi connectivity index (χ2v) is 10.5. The summed E-state index contributed by atoms with van der Waals surface area (Å²) in [7, 11) is 0. The van der Waals surface area contributed by atoms with Crippen molar-refractivity contribution in [2.75, 3.05) is 0 Å². The Labute approximate surface area is 91.0 Å². The molecule has 0 aliphatic rings. The van der Waals surface area contributed by atoms with Gasteiger partial charge in [0.2, 0.25) is 0 Å². The van der Waals surface area contributed by atoms with E-state index in [1.807, 2.05) is 0 Å². The van der Waals surface area contributed by atoms with Crippen LogP contribution in [-0.4, -0.2) is 6.00 Å². The molecule has 0 unspecified atom stereocenters. The number of rotatable bonds is 2. The Balaban J connectivity index is -0.000000138. The van der Waals surface area contributed by atoms with Crippen molar-refractivity contribution in [3.05, 3.63) is 20.1 Å². The van der Waals surface area contributed by atoms with Gasteiger partial charge in [-0.3, -0.25) is 6.58 Å². The van der Waals surface area contributed by atoms with E-state index < -0.39 is 6.00 Å². The van der Waals surface area contributed by atoms with E-state index in [1.54, 1.807) is 0 Å². The summed E-state index contributed by atoms with van der Waals surface area (Å²) in [5.74, 6) is 0. The molecule has 0 heterocycles. The van der Waals surface area contributed by atoms with Crippen LogP contribution in [0.15, 0.2) is 6.58 Å². The van der Waals surface area contributed by atoms with Crippen LogP contribution in [0.1, 0.15) is 6.42 Å². The van der Waals surface area contributed by atoms with Crippen LogP contribution in [0.3, 0.4) is 0 Å². The molecule has 0 saturated carbocycles. The minimum absolute atomic E-state index is 0.664. The number of hydrogen-bond donors (Lipinski definition) is 0. The van der Waals surface area contributed by atoms with Crippen LogP contribution in [0.4, 0.5) is 0 Å². The molecule has 0 aliphatic heterocycles. The third kappa shape index (κ3) is 35.2. The Morgan fingerprint density at radius 2 is 1.64 bits per heavy atom. The zero-order valence-corrected chi connectivity index (χ0v) is 10.1. The molecule has 0 aromatic heterocycles. The summed E-state index contributed by atoms with van der Waals surface area (Å²) in [4.78, 5) is 0. The van der Waals surface area contributed by atoms with Crippen molar-refractivity contribution in [3.63, 3.8) is 0 Å². The fourth-order valence-corrected chi connectivity index (χ4v) is 1.80. The van der Waals surface area contributed by atoms with E-state index in [0.717, 1.165) is 6.42 Å². The van der Waals surface area contributed by atoms with Crippen molar-refractivity contribution in [2.45, 2.75) is 12.5 Å². The van der Waals surface area contributed by atoms with Gasteiger partial charge in [0.05, 0.1) is 0 Å². The Hall–Kier alpha value is 1.13. The average Bonchev–Trinajstić information content (AvgIpc) is 1.94. The van der Waals surface area contributed by atoms with Gasteiger partial charge < -0.3 is 13.5 Å². The van der Waals surface area contributed by atoms with Gasteiger partial charge in [0.15, 0.2) is 0 Å². The van der Waals surface area contributed by atoms with Crippen LogP contribution in [0.5, 0.6) is 0 Å². The summed E-state index contributed by atoms with van der Waals surface area (Å²) in [6.07, 6.45) is 0.725. The molecule has 0 aromatic carbocycles. The molecule has 71 valence electrons. The van der Waals surface area contributed by atoms with Crippen molar-refractivity contribution >= 4 is 39.2 Å². The van der Waals surface area contributed by atoms with Gasteiger partial charge in [-0.05, 0) is 6.04 Å². The summed E-state index contributed by atoms with van der Waals surface area (Å²) in [6, 6.07) is -1.64. The molecule has 0 N–H and O–H groups in total. The van der Waals surface area contributed by atoms with Crippen molar-refractivity contribution in [1.82, 2.24) is 0 Å². The fourth-order valence-electron chi connectivity index (χ4n) is 0.200. The third-order valence-electron chi connectivity index (χ3n) is 0.460. The molecule has 0 amide bonds. The Morgan fingerprint density at radius 3 is 1.64 bits per heavy atom. The van der Waals surface area contributed by atoms with E-state index in [1.165, 1.54) is 0 Å².